The summed E-state index contributed by atoms with van der Waals surface area (Å²) in [5, 5.41) is 10.6. The maximum Gasteiger partial charge on any atom is 0.407 e. The average molecular weight is 518 g/mol. The fourth-order valence-electron chi connectivity index (χ4n) is 3.94. The van der Waals surface area contributed by atoms with Crippen LogP contribution in [0, 0.1) is 0 Å². The lowest BCUT2D eigenvalue weighted by Gasteiger charge is -2.21. The number of hydrogen-bond donors (Lipinski definition) is 2. The monoisotopic (exact) mass is 517 g/mol. The smallest absolute Gasteiger partial charge is 0.407 e. The summed E-state index contributed by atoms with van der Waals surface area (Å²) in [6, 6.07) is 19.2. The first-order valence-electron chi connectivity index (χ1n) is 12.5. The number of anilines is 2. The van der Waals surface area contributed by atoms with E-state index in [1.807, 2.05) is 88.4 Å². The number of alkyl carbamates (subject to hydrolysis) is 1. The van der Waals surface area contributed by atoms with Gasteiger partial charge in [-0.15, -0.1) is 5.10 Å². The Kier molecular flexibility index (Phi) is 6.95. The SMILES string of the molecule is CC(CNC(=O)OC(C)(C)C)Oc1ccc(Nc2nc3cccc(-c4ccc5c(c4)OCCO5)n3n2)cc1. The zero-order valence-corrected chi connectivity index (χ0v) is 21.9. The van der Waals surface area contributed by atoms with Crippen LogP contribution in [-0.4, -0.2) is 52.2 Å². The van der Waals surface area contributed by atoms with Crippen LogP contribution in [0.2, 0.25) is 0 Å². The van der Waals surface area contributed by atoms with E-state index in [4.69, 9.17) is 18.9 Å². The van der Waals surface area contributed by atoms with Gasteiger partial charge in [0.05, 0.1) is 12.2 Å². The van der Waals surface area contributed by atoms with E-state index in [1.54, 1.807) is 4.52 Å². The minimum Gasteiger partial charge on any atom is -0.489 e. The predicted molar refractivity (Wildman–Crippen MR) is 143 cm³/mol. The maximum absolute atomic E-state index is 11.8. The highest BCUT2D eigenvalue weighted by atomic mass is 16.6. The van der Waals surface area contributed by atoms with Gasteiger partial charge < -0.3 is 29.6 Å². The van der Waals surface area contributed by atoms with Gasteiger partial charge in [0.2, 0.25) is 5.95 Å². The largest absolute Gasteiger partial charge is 0.489 e. The summed E-state index contributed by atoms with van der Waals surface area (Å²) in [6.45, 7) is 8.76. The Morgan fingerprint density at radius 2 is 1.82 bits per heavy atom. The molecular formula is C28H31N5O5. The highest BCUT2D eigenvalue weighted by molar-refractivity contribution is 5.68. The third-order valence-corrected chi connectivity index (χ3v) is 5.58. The summed E-state index contributed by atoms with van der Waals surface area (Å²) in [5.41, 5.74) is 2.82. The van der Waals surface area contributed by atoms with Crippen molar-refractivity contribution in [3.63, 3.8) is 0 Å². The molecule has 1 unspecified atom stereocenters. The maximum atomic E-state index is 11.8. The Morgan fingerprint density at radius 3 is 2.58 bits per heavy atom. The Morgan fingerprint density at radius 1 is 1.05 bits per heavy atom. The van der Waals surface area contributed by atoms with Crippen LogP contribution < -0.4 is 24.8 Å². The fourth-order valence-corrected chi connectivity index (χ4v) is 3.94. The first-order valence-corrected chi connectivity index (χ1v) is 12.5. The molecule has 1 atom stereocenters. The highest BCUT2D eigenvalue weighted by Crippen LogP contribution is 2.34. The molecule has 0 radical (unpaired) electrons. The number of hydrogen-bond acceptors (Lipinski definition) is 8. The Hall–Kier alpha value is -4.47. The van der Waals surface area contributed by atoms with Gasteiger partial charge in [-0.3, -0.25) is 0 Å². The molecule has 10 heteroatoms. The number of rotatable bonds is 7. The van der Waals surface area contributed by atoms with Gasteiger partial charge in [0, 0.05) is 11.3 Å². The quantitative estimate of drug-likeness (QED) is 0.344. The van der Waals surface area contributed by atoms with Crippen LogP contribution >= 0.6 is 0 Å². The number of benzene rings is 2. The number of ether oxygens (including phenoxy) is 4. The Labute approximate surface area is 220 Å². The van der Waals surface area contributed by atoms with Gasteiger partial charge >= 0.3 is 6.09 Å². The Bertz CT molecular complexity index is 1430. The summed E-state index contributed by atoms with van der Waals surface area (Å²) in [4.78, 5) is 16.5. The van der Waals surface area contributed by atoms with Crippen LogP contribution in [-0.2, 0) is 4.74 Å². The van der Waals surface area contributed by atoms with Gasteiger partial charge in [-0.05, 0) is 82.3 Å². The summed E-state index contributed by atoms with van der Waals surface area (Å²) in [6.07, 6.45) is -0.704. The van der Waals surface area contributed by atoms with Gasteiger partial charge in [0.25, 0.3) is 0 Å². The number of fused-ring (bicyclic) bond motifs is 2. The van der Waals surface area contributed by atoms with Gasteiger partial charge in [-0.25, -0.2) is 9.31 Å². The van der Waals surface area contributed by atoms with E-state index in [0.29, 0.717) is 37.1 Å². The van der Waals surface area contributed by atoms with Crippen molar-refractivity contribution in [3.05, 3.63) is 60.7 Å². The molecule has 0 spiro atoms. The van der Waals surface area contributed by atoms with Crippen molar-refractivity contribution < 1.29 is 23.7 Å². The van der Waals surface area contributed by atoms with Gasteiger partial charge in [-0.1, -0.05) is 6.07 Å². The molecule has 0 bridgehead atoms. The van der Waals surface area contributed by atoms with E-state index in [0.717, 1.165) is 28.4 Å². The molecule has 10 nitrogen and oxygen atoms in total. The number of carbonyl (C=O) groups is 1. The fraction of sp³-hybridized carbons (Fsp3) is 0.321. The van der Waals surface area contributed by atoms with Crippen LogP contribution in [0.25, 0.3) is 16.9 Å². The Balaban J connectivity index is 1.23. The summed E-state index contributed by atoms with van der Waals surface area (Å²) < 4.78 is 24.3. The number of nitrogens with one attached hydrogen (secondary N) is 2. The minimum absolute atomic E-state index is 0.236. The highest BCUT2D eigenvalue weighted by Gasteiger charge is 2.17. The number of aromatic nitrogens is 3. The van der Waals surface area contributed by atoms with Crippen molar-refractivity contribution in [1.29, 1.82) is 0 Å². The lowest BCUT2D eigenvalue weighted by atomic mass is 10.1. The predicted octanol–water partition coefficient (Wildman–Crippen LogP) is 5.20. The van der Waals surface area contributed by atoms with Crippen molar-refractivity contribution in [2.75, 3.05) is 25.1 Å². The second-order valence-corrected chi connectivity index (χ2v) is 9.94. The van der Waals surface area contributed by atoms with Crippen molar-refractivity contribution in [3.8, 4) is 28.5 Å². The molecule has 0 aliphatic carbocycles. The normalized spacial score (nSPS) is 13.6. The number of carbonyl (C=O) groups excluding carboxylic acids is 1. The molecule has 2 aromatic carbocycles. The van der Waals surface area contributed by atoms with Crippen molar-refractivity contribution in [2.45, 2.75) is 39.4 Å². The van der Waals surface area contributed by atoms with Crippen molar-refractivity contribution in [1.82, 2.24) is 19.9 Å². The summed E-state index contributed by atoms with van der Waals surface area (Å²) >= 11 is 0. The first-order chi connectivity index (χ1) is 18.2. The van der Waals surface area contributed by atoms with Crippen LogP contribution in [0.1, 0.15) is 27.7 Å². The van der Waals surface area contributed by atoms with E-state index < -0.39 is 11.7 Å². The van der Waals surface area contributed by atoms with Crippen molar-refractivity contribution in [2.24, 2.45) is 0 Å². The second kappa shape index (κ2) is 10.5. The molecular weight excluding hydrogens is 486 g/mol. The molecule has 3 heterocycles. The molecule has 1 aliphatic rings. The van der Waals surface area contributed by atoms with Gasteiger partial charge in [0.1, 0.15) is 30.7 Å². The van der Waals surface area contributed by atoms with Crippen LogP contribution in [0.3, 0.4) is 0 Å². The molecule has 0 saturated carbocycles. The molecule has 198 valence electrons. The van der Waals surface area contributed by atoms with E-state index in [-0.39, 0.29) is 6.10 Å². The summed E-state index contributed by atoms with van der Waals surface area (Å²) in [7, 11) is 0. The van der Waals surface area contributed by atoms with Crippen molar-refractivity contribution >= 4 is 23.4 Å². The zero-order valence-electron chi connectivity index (χ0n) is 21.9. The van der Waals surface area contributed by atoms with Crippen LogP contribution in [0.4, 0.5) is 16.4 Å². The lowest BCUT2D eigenvalue weighted by molar-refractivity contribution is 0.0505. The van der Waals surface area contributed by atoms with E-state index in [2.05, 4.69) is 20.7 Å². The molecule has 1 aliphatic heterocycles. The number of pyridine rings is 1. The van der Waals surface area contributed by atoms with Crippen LogP contribution in [0.5, 0.6) is 17.2 Å². The average Bonchev–Trinajstić information content (AvgIpc) is 3.30. The molecule has 1 amide bonds. The summed E-state index contributed by atoms with van der Waals surface area (Å²) in [5.74, 6) is 2.62. The van der Waals surface area contributed by atoms with E-state index >= 15 is 0 Å². The molecule has 0 fully saturated rings. The third-order valence-electron chi connectivity index (χ3n) is 5.58. The molecule has 0 saturated heterocycles. The van der Waals surface area contributed by atoms with Gasteiger partial charge in [-0.2, -0.15) is 4.98 Å². The molecule has 2 N–H and O–H groups in total. The molecule has 2 aromatic heterocycles. The number of amides is 1. The second-order valence-electron chi connectivity index (χ2n) is 9.94. The topological polar surface area (TPSA) is 108 Å². The lowest BCUT2D eigenvalue weighted by Crippen LogP contribution is -2.37. The number of nitrogens with zero attached hydrogens (tertiary/aromatic N) is 3. The standard InChI is InChI=1S/C28H31N5O5/c1-18(17-29-27(34)38-28(2,3)4)37-21-11-9-20(10-12-21)30-26-31-25-7-5-6-22(33(25)32-26)19-8-13-23-24(16-19)36-15-14-35-23/h5-13,16,18H,14-15,17H2,1-4H3,(H,29,34)(H,30,32). The third kappa shape index (κ3) is 6.08. The molecule has 4 aromatic rings. The minimum atomic E-state index is -0.542. The first kappa shape index (κ1) is 25.2. The van der Waals surface area contributed by atoms with Gasteiger partial charge in [0.15, 0.2) is 17.1 Å². The van der Waals surface area contributed by atoms with Crippen LogP contribution in [0.15, 0.2) is 60.7 Å². The molecule has 5 rings (SSSR count). The van der Waals surface area contributed by atoms with E-state index in [1.165, 1.54) is 0 Å². The molecule has 38 heavy (non-hydrogen) atoms. The van der Waals surface area contributed by atoms with E-state index in [9.17, 15) is 4.79 Å². The zero-order chi connectivity index (χ0) is 26.7.